The largest absolute Gasteiger partial charge is 0.309 e. The second kappa shape index (κ2) is 7.46. The third-order valence-electron chi connectivity index (χ3n) is 3.21. The smallest absolute Gasteiger partial charge is 0.0493 e. The first kappa shape index (κ1) is 15.8. The molecule has 1 atom stereocenters. The molecule has 0 saturated carbocycles. The molecule has 2 rings (SSSR count). The Bertz CT molecular complexity index is 565. The van der Waals surface area contributed by atoms with Gasteiger partial charge in [-0.1, -0.05) is 37.0 Å². The zero-order valence-corrected chi connectivity index (χ0v) is 14.1. The summed E-state index contributed by atoms with van der Waals surface area (Å²) in [5.41, 5.74) is 1.01. The fraction of sp³-hybridized carbons (Fsp3) is 0.375. The van der Waals surface area contributed by atoms with Gasteiger partial charge in [0.15, 0.2) is 0 Å². The number of hydrogen-bond acceptors (Lipinski definition) is 2. The van der Waals surface area contributed by atoms with Gasteiger partial charge in [-0.3, -0.25) is 0 Å². The Balaban J connectivity index is 2.25. The second-order valence-electron chi connectivity index (χ2n) is 4.74. The Labute approximate surface area is 134 Å². The van der Waals surface area contributed by atoms with E-state index >= 15 is 0 Å². The summed E-state index contributed by atoms with van der Waals surface area (Å²) in [5.74, 6) is 0. The summed E-state index contributed by atoms with van der Waals surface area (Å²) >= 11 is 14.1. The van der Waals surface area contributed by atoms with Crippen molar-refractivity contribution >= 4 is 34.5 Å². The number of halogens is 2. The Kier molecular flexibility index (Phi) is 5.91. The molecule has 0 amide bonds. The van der Waals surface area contributed by atoms with Gasteiger partial charge < -0.3 is 5.32 Å². The molecule has 4 heteroatoms. The van der Waals surface area contributed by atoms with E-state index in [1.807, 2.05) is 18.2 Å². The van der Waals surface area contributed by atoms with Crippen LogP contribution in [-0.4, -0.2) is 6.54 Å². The van der Waals surface area contributed by atoms with Crippen molar-refractivity contribution in [2.24, 2.45) is 0 Å². The summed E-state index contributed by atoms with van der Waals surface area (Å²) in [5, 5.41) is 5.04. The lowest BCUT2D eigenvalue weighted by molar-refractivity contribution is 0.525. The molecule has 0 aliphatic carbocycles. The summed E-state index contributed by atoms with van der Waals surface area (Å²) in [6.45, 7) is 5.44. The Hall–Kier alpha value is -0.540. The number of nitrogens with one attached hydrogen (secondary N) is 1. The quantitative estimate of drug-likeness (QED) is 0.668. The molecular weight excluding hydrogens is 309 g/mol. The van der Waals surface area contributed by atoms with Gasteiger partial charge in [0.2, 0.25) is 0 Å². The first-order valence-corrected chi connectivity index (χ1v) is 8.51. The van der Waals surface area contributed by atoms with E-state index in [9.17, 15) is 0 Å². The van der Waals surface area contributed by atoms with Gasteiger partial charge in [-0.2, -0.15) is 0 Å². The molecular formula is C16H19Cl2NS. The van der Waals surface area contributed by atoms with E-state index in [1.54, 1.807) is 11.3 Å². The average molecular weight is 328 g/mol. The summed E-state index contributed by atoms with van der Waals surface area (Å²) in [6, 6.07) is 10.3. The molecule has 0 bridgehead atoms. The van der Waals surface area contributed by atoms with Crippen molar-refractivity contribution in [3.63, 3.8) is 0 Å². The molecule has 20 heavy (non-hydrogen) atoms. The van der Waals surface area contributed by atoms with Crippen LogP contribution in [0.25, 0.3) is 10.4 Å². The van der Waals surface area contributed by atoms with Crippen molar-refractivity contribution in [1.82, 2.24) is 5.32 Å². The van der Waals surface area contributed by atoms with Gasteiger partial charge in [0.05, 0.1) is 0 Å². The zero-order chi connectivity index (χ0) is 14.5. The lowest BCUT2D eigenvalue weighted by Crippen LogP contribution is -2.20. The predicted octanol–water partition coefficient (Wildman–Crippen LogP) is 6.17. The maximum absolute atomic E-state index is 6.27. The Morgan fingerprint density at radius 3 is 2.65 bits per heavy atom. The van der Waals surface area contributed by atoms with Gasteiger partial charge in [0.1, 0.15) is 0 Å². The highest BCUT2D eigenvalue weighted by Gasteiger charge is 2.13. The van der Waals surface area contributed by atoms with E-state index in [2.05, 4.69) is 31.3 Å². The molecule has 1 heterocycles. The molecule has 0 fully saturated rings. The van der Waals surface area contributed by atoms with Crippen molar-refractivity contribution in [3.8, 4) is 10.4 Å². The molecule has 0 radical (unpaired) electrons. The van der Waals surface area contributed by atoms with Crippen molar-refractivity contribution in [1.29, 1.82) is 0 Å². The minimum atomic E-state index is 0.423. The van der Waals surface area contributed by atoms with Crippen LogP contribution in [0.1, 0.15) is 37.6 Å². The van der Waals surface area contributed by atoms with Crippen LogP contribution in [0.5, 0.6) is 0 Å². The number of rotatable bonds is 6. The van der Waals surface area contributed by atoms with Crippen LogP contribution in [0.2, 0.25) is 10.0 Å². The molecule has 0 aliphatic rings. The first-order valence-electron chi connectivity index (χ1n) is 6.94. The molecule has 0 spiro atoms. The van der Waals surface area contributed by atoms with E-state index in [0.29, 0.717) is 6.04 Å². The normalized spacial score (nSPS) is 12.6. The van der Waals surface area contributed by atoms with Gasteiger partial charge >= 0.3 is 0 Å². The Morgan fingerprint density at radius 2 is 1.95 bits per heavy atom. The van der Waals surface area contributed by atoms with E-state index in [1.165, 1.54) is 9.75 Å². The lowest BCUT2D eigenvalue weighted by Gasteiger charge is -2.14. The van der Waals surface area contributed by atoms with Crippen LogP contribution in [0.4, 0.5) is 0 Å². The third kappa shape index (κ3) is 3.76. The summed E-state index contributed by atoms with van der Waals surface area (Å²) in [7, 11) is 0. The van der Waals surface area contributed by atoms with Crippen molar-refractivity contribution in [2.75, 3.05) is 6.54 Å². The van der Waals surface area contributed by atoms with Crippen molar-refractivity contribution in [3.05, 3.63) is 45.3 Å². The second-order valence-corrected chi connectivity index (χ2v) is 6.70. The van der Waals surface area contributed by atoms with Gasteiger partial charge in [-0.05, 0) is 49.7 Å². The van der Waals surface area contributed by atoms with Gasteiger partial charge in [-0.25, -0.2) is 0 Å². The topological polar surface area (TPSA) is 12.0 Å². The summed E-state index contributed by atoms with van der Waals surface area (Å²) in [6.07, 6.45) is 2.23. The fourth-order valence-corrected chi connectivity index (χ4v) is 3.78. The standard InChI is InChI=1S/C16H19Cl2NS/c1-3-9-19-14(4-2)16-8-7-15(20-16)12-10-11(17)5-6-13(12)18/h5-8,10,14,19H,3-4,9H2,1-2H3. The van der Waals surface area contributed by atoms with E-state index in [4.69, 9.17) is 23.2 Å². The van der Waals surface area contributed by atoms with Crippen molar-refractivity contribution in [2.45, 2.75) is 32.7 Å². The zero-order valence-electron chi connectivity index (χ0n) is 11.7. The van der Waals surface area contributed by atoms with Crippen LogP contribution in [0.15, 0.2) is 30.3 Å². The van der Waals surface area contributed by atoms with Crippen LogP contribution in [0.3, 0.4) is 0 Å². The molecule has 1 aromatic heterocycles. The van der Waals surface area contributed by atoms with Gasteiger partial charge in [0.25, 0.3) is 0 Å². The number of thiophene rings is 1. The van der Waals surface area contributed by atoms with Gasteiger partial charge in [-0.15, -0.1) is 11.3 Å². The molecule has 0 saturated heterocycles. The minimum Gasteiger partial charge on any atom is -0.309 e. The molecule has 1 unspecified atom stereocenters. The highest BCUT2D eigenvalue weighted by atomic mass is 35.5. The third-order valence-corrected chi connectivity index (χ3v) is 5.01. The molecule has 1 aromatic carbocycles. The predicted molar refractivity (Wildman–Crippen MR) is 91.1 cm³/mol. The van der Waals surface area contributed by atoms with Crippen LogP contribution in [0, 0.1) is 0 Å². The van der Waals surface area contributed by atoms with E-state index in [-0.39, 0.29) is 0 Å². The van der Waals surface area contributed by atoms with Crippen molar-refractivity contribution < 1.29 is 0 Å². The van der Waals surface area contributed by atoms with Crippen LogP contribution < -0.4 is 5.32 Å². The number of benzene rings is 1. The first-order chi connectivity index (χ1) is 9.65. The molecule has 108 valence electrons. The minimum absolute atomic E-state index is 0.423. The molecule has 1 N–H and O–H groups in total. The SMILES string of the molecule is CCCNC(CC)c1ccc(-c2cc(Cl)ccc2Cl)s1. The average Bonchev–Trinajstić information content (AvgIpc) is 2.92. The lowest BCUT2D eigenvalue weighted by atomic mass is 10.1. The van der Waals surface area contributed by atoms with E-state index in [0.717, 1.165) is 35.0 Å². The maximum atomic E-state index is 6.27. The van der Waals surface area contributed by atoms with E-state index < -0.39 is 0 Å². The Morgan fingerprint density at radius 1 is 1.15 bits per heavy atom. The highest BCUT2D eigenvalue weighted by Crippen LogP contribution is 2.37. The highest BCUT2D eigenvalue weighted by molar-refractivity contribution is 7.15. The fourth-order valence-electron chi connectivity index (χ4n) is 2.14. The van der Waals surface area contributed by atoms with Crippen LogP contribution >= 0.6 is 34.5 Å². The molecule has 1 nitrogen and oxygen atoms in total. The summed E-state index contributed by atoms with van der Waals surface area (Å²) < 4.78 is 0. The van der Waals surface area contributed by atoms with Gasteiger partial charge in [0, 0.05) is 31.4 Å². The number of hydrogen-bond donors (Lipinski definition) is 1. The van der Waals surface area contributed by atoms with Crippen LogP contribution in [-0.2, 0) is 0 Å². The molecule has 2 aromatic rings. The monoisotopic (exact) mass is 327 g/mol. The molecule has 0 aliphatic heterocycles. The maximum Gasteiger partial charge on any atom is 0.0493 e. The summed E-state index contributed by atoms with van der Waals surface area (Å²) in [4.78, 5) is 2.52.